The second-order valence-electron chi connectivity index (χ2n) is 3.83. The van der Waals surface area contributed by atoms with E-state index in [1.165, 1.54) is 6.92 Å². The lowest BCUT2D eigenvalue weighted by Crippen LogP contribution is -2.41. The van der Waals surface area contributed by atoms with E-state index >= 15 is 0 Å². The van der Waals surface area contributed by atoms with Crippen LogP contribution in [-0.4, -0.2) is 41.6 Å². The van der Waals surface area contributed by atoms with E-state index in [-0.39, 0.29) is 31.8 Å². The van der Waals surface area contributed by atoms with Gasteiger partial charge in [-0.25, -0.2) is 9.59 Å². The van der Waals surface area contributed by atoms with Crippen LogP contribution >= 0.6 is 0 Å². The highest BCUT2D eigenvalue weighted by molar-refractivity contribution is 5.87. The van der Waals surface area contributed by atoms with Gasteiger partial charge < -0.3 is 14.6 Å². The predicted molar refractivity (Wildman–Crippen MR) is 63.1 cm³/mol. The van der Waals surface area contributed by atoms with Crippen molar-refractivity contribution in [2.75, 3.05) is 13.2 Å². The molecular weight excluding hydrogens is 240 g/mol. The summed E-state index contributed by atoms with van der Waals surface area (Å²) < 4.78 is 9.76. The Morgan fingerprint density at radius 1 is 1.33 bits per heavy atom. The predicted octanol–water partition coefficient (Wildman–Crippen LogP) is 0.945. The Bertz CT molecular complexity index is 335. The summed E-state index contributed by atoms with van der Waals surface area (Å²) in [5, 5.41) is 9.03. The minimum absolute atomic E-state index is 0.0892. The van der Waals surface area contributed by atoms with Gasteiger partial charge in [-0.3, -0.25) is 4.79 Å². The molecule has 0 fully saturated rings. The first kappa shape index (κ1) is 16.3. The molecule has 1 atom stereocenters. The molecule has 0 aliphatic heterocycles. The summed E-state index contributed by atoms with van der Waals surface area (Å²) in [7, 11) is 0. The zero-order valence-electron chi connectivity index (χ0n) is 10.6. The molecule has 0 rings (SSSR count). The van der Waals surface area contributed by atoms with Crippen molar-refractivity contribution >= 4 is 17.7 Å². The van der Waals surface area contributed by atoms with Crippen molar-refractivity contribution < 1.29 is 29.0 Å². The highest BCUT2D eigenvalue weighted by Gasteiger charge is 2.36. The molecule has 0 spiro atoms. The minimum Gasteiger partial charge on any atom is -0.479 e. The van der Waals surface area contributed by atoms with Crippen LogP contribution < -0.4 is 0 Å². The average Bonchev–Trinajstić information content (AvgIpc) is 2.33. The fourth-order valence-electron chi connectivity index (χ4n) is 1.16. The molecule has 0 aromatic carbocycles. The molecule has 0 aromatic rings. The molecule has 0 saturated carbocycles. The normalized spacial score (nSPS) is 13.4. The van der Waals surface area contributed by atoms with Gasteiger partial charge in [0.1, 0.15) is 12.4 Å². The Hall–Kier alpha value is -1.69. The largest absolute Gasteiger partial charge is 0.479 e. The van der Waals surface area contributed by atoms with E-state index in [0.29, 0.717) is 0 Å². The number of esters is 1. The van der Waals surface area contributed by atoms with Gasteiger partial charge in [-0.1, -0.05) is 13.5 Å². The van der Waals surface area contributed by atoms with E-state index in [2.05, 4.69) is 11.3 Å². The lowest BCUT2D eigenvalue weighted by molar-refractivity contribution is -0.169. The van der Waals surface area contributed by atoms with Gasteiger partial charge in [0, 0.05) is 18.9 Å². The zero-order chi connectivity index (χ0) is 14.2. The molecular formula is C12H18O6. The van der Waals surface area contributed by atoms with Crippen LogP contribution in [0.3, 0.4) is 0 Å². The maximum absolute atomic E-state index is 11.3. The SMILES string of the molecule is C=CC(=O)OCCOC(C)(CC(=O)CC)C(=O)O. The van der Waals surface area contributed by atoms with Crippen molar-refractivity contribution in [1.82, 2.24) is 0 Å². The van der Waals surface area contributed by atoms with Crippen molar-refractivity contribution in [3.8, 4) is 0 Å². The Balaban J connectivity index is 4.27. The molecule has 0 heterocycles. The fraction of sp³-hybridized carbons (Fsp3) is 0.583. The number of aliphatic carboxylic acids is 1. The van der Waals surface area contributed by atoms with Crippen LogP contribution in [-0.2, 0) is 23.9 Å². The maximum atomic E-state index is 11.3. The first-order valence-electron chi connectivity index (χ1n) is 5.54. The van der Waals surface area contributed by atoms with Crippen molar-refractivity contribution in [3.63, 3.8) is 0 Å². The van der Waals surface area contributed by atoms with Gasteiger partial charge >= 0.3 is 11.9 Å². The number of carboxylic acid groups (broad SMARTS) is 1. The Morgan fingerprint density at radius 2 is 1.94 bits per heavy atom. The smallest absolute Gasteiger partial charge is 0.336 e. The highest BCUT2D eigenvalue weighted by atomic mass is 16.6. The number of carboxylic acids is 1. The molecule has 0 radical (unpaired) electrons. The van der Waals surface area contributed by atoms with Gasteiger partial charge in [0.05, 0.1) is 6.61 Å². The molecule has 0 amide bonds. The van der Waals surface area contributed by atoms with Gasteiger partial charge in [-0.15, -0.1) is 0 Å². The molecule has 0 saturated heterocycles. The third kappa shape index (κ3) is 5.58. The van der Waals surface area contributed by atoms with Crippen LogP contribution in [0.4, 0.5) is 0 Å². The van der Waals surface area contributed by atoms with Crippen molar-refractivity contribution in [2.24, 2.45) is 0 Å². The van der Waals surface area contributed by atoms with E-state index < -0.39 is 17.5 Å². The lowest BCUT2D eigenvalue weighted by Gasteiger charge is -2.24. The van der Waals surface area contributed by atoms with Crippen LogP contribution in [0.25, 0.3) is 0 Å². The van der Waals surface area contributed by atoms with E-state index in [9.17, 15) is 14.4 Å². The monoisotopic (exact) mass is 258 g/mol. The lowest BCUT2D eigenvalue weighted by atomic mass is 9.98. The average molecular weight is 258 g/mol. The van der Waals surface area contributed by atoms with Gasteiger partial charge in [-0.2, -0.15) is 0 Å². The summed E-state index contributed by atoms with van der Waals surface area (Å²) in [6.07, 6.45) is 1.03. The molecule has 18 heavy (non-hydrogen) atoms. The van der Waals surface area contributed by atoms with Crippen molar-refractivity contribution in [2.45, 2.75) is 32.3 Å². The second kappa shape index (κ2) is 7.60. The number of rotatable bonds is 9. The number of hydrogen-bond acceptors (Lipinski definition) is 5. The Kier molecular flexibility index (Phi) is 6.89. The number of hydrogen-bond donors (Lipinski definition) is 1. The molecule has 6 heteroatoms. The summed E-state index contributed by atoms with van der Waals surface area (Å²) in [5.74, 6) is -2.04. The summed E-state index contributed by atoms with van der Waals surface area (Å²) in [4.78, 5) is 33.1. The number of ether oxygens (including phenoxy) is 2. The van der Waals surface area contributed by atoms with Crippen LogP contribution in [0.2, 0.25) is 0 Å². The van der Waals surface area contributed by atoms with Crippen LogP contribution in [0.15, 0.2) is 12.7 Å². The van der Waals surface area contributed by atoms with Crippen LogP contribution in [0, 0.1) is 0 Å². The third-order valence-corrected chi connectivity index (χ3v) is 2.30. The number of carbonyl (C=O) groups is 3. The van der Waals surface area contributed by atoms with Gasteiger partial charge in [-0.05, 0) is 6.92 Å². The summed E-state index contributed by atoms with van der Waals surface area (Å²) in [6, 6.07) is 0. The van der Waals surface area contributed by atoms with E-state index in [1.807, 2.05) is 0 Å². The maximum Gasteiger partial charge on any atom is 0.336 e. The van der Waals surface area contributed by atoms with Crippen LogP contribution in [0.5, 0.6) is 0 Å². The second-order valence-corrected chi connectivity index (χ2v) is 3.83. The molecule has 102 valence electrons. The zero-order valence-corrected chi connectivity index (χ0v) is 10.6. The molecule has 1 unspecified atom stereocenters. The Labute approximate surface area is 106 Å². The first-order chi connectivity index (χ1) is 8.35. The molecule has 0 aromatic heterocycles. The minimum atomic E-state index is -1.59. The van der Waals surface area contributed by atoms with Crippen molar-refractivity contribution in [1.29, 1.82) is 0 Å². The first-order valence-corrected chi connectivity index (χ1v) is 5.54. The molecule has 0 aliphatic rings. The summed E-state index contributed by atoms with van der Waals surface area (Å²) in [6.45, 7) is 5.99. The Morgan fingerprint density at radius 3 is 2.39 bits per heavy atom. The van der Waals surface area contributed by atoms with Crippen LogP contribution in [0.1, 0.15) is 26.7 Å². The van der Waals surface area contributed by atoms with E-state index in [4.69, 9.17) is 9.84 Å². The number of Topliss-reactive ketones (excluding diaryl/α,β-unsaturated/α-hetero) is 1. The topological polar surface area (TPSA) is 89.9 Å². The van der Waals surface area contributed by atoms with E-state index in [0.717, 1.165) is 6.08 Å². The summed E-state index contributed by atoms with van der Waals surface area (Å²) >= 11 is 0. The summed E-state index contributed by atoms with van der Waals surface area (Å²) in [5.41, 5.74) is -1.59. The van der Waals surface area contributed by atoms with Gasteiger partial charge in [0.2, 0.25) is 0 Å². The number of carbonyl (C=O) groups excluding carboxylic acids is 2. The third-order valence-electron chi connectivity index (χ3n) is 2.30. The van der Waals surface area contributed by atoms with E-state index in [1.54, 1.807) is 6.92 Å². The van der Waals surface area contributed by atoms with Gasteiger partial charge in [0.15, 0.2) is 5.60 Å². The molecule has 6 nitrogen and oxygen atoms in total. The molecule has 0 bridgehead atoms. The highest BCUT2D eigenvalue weighted by Crippen LogP contribution is 2.17. The quantitative estimate of drug-likeness (QED) is 0.376. The van der Waals surface area contributed by atoms with Gasteiger partial charge in [0.25, 0.3) is 0 Å². The molecule has 1 N–H and O–H groups in total. The standard InChI is InChI=1S/C12H18O6/c1-4-9(13)8-12(3,11(15)16)18-7-6-17-10(14)5-2/h5H,2,4,6-8H2,1,3H3,(H,15,16). The number of ketones is 1. The van der Waals surface area contributed by atoms with Crippen molar-refractivity contribution in [3.05, 3.63) is 12.7 Å². The molecule has 0 aliphatic carbocycles. The fourth-order valence-corrected chi connectivity index (χ4v) is 1.16.